The van der Waals surface area contributed by atoms with Crippen molar-refractivity contribution in [3.05, 3.63) is 59.4 Å². The normalized spacial score (nSPS) is 20.6. The average Bonchev–Trinajstić information content (AvgIpc) is 2.99. The summed E-state index contributed by atoms with van der Waals surface area (Å²) < 4.78 is 41.0. The van der Waals surface area contributed by atoms with E-state index in [0.29, 0.717) is 63.8 Å². The number of aliphatic carboxylic acids is 1. The molecule has 1 aromatic heterocycles. The van der Waals surface area contributed by atoms with Crippen LogP contribution < -0.4 is 0 Å². The van der Waals surface area contributed by atoms with E-state index in [2.05, 4.69) is 4.98 Å². The van der Waals surface area contributed by atoms with E-state index in [0.717, 1.165) is 22.6 Å². The molecule has 1 aromatic carbocycles. The average molecular weight is 622 g/mol. The number of likely N-dealkylation sites (tertiary alicyclic amines) is 2. The molecule has 0 aliphatic carbocycles. The lowest BCUT2D eigenvalue weighted by Gasteiger charge is -2.45. The number of carboxylic acids is 1. The Bertz CT molecular complexity index is 1300. The molecule has 2 amide bonds. The smallest absolute Gasteiger partial charge is 0.418 e. The zero-order valence-corrected chi connectivity index (χ0v) is 25.0. The number of carboxylic acid groups (broad SMARTS) is 1. The number of alkyl halides is 3. The first-order chi connectivity index (χ1) is 20.5. The fourth-order valence-electron chi connectivity index (χ4n) is 6.17. The first-order valence-electron chi connectivity index (χ1n) is 14.7. The minimum Gasteiger partial charge on any atom is -0.481 e. The Balaban J connectivity index is 1.47. The van der Waals surface area contributed by atoms with Crippen LogP contribution in [-0.4, -0.2) is 74.2 Å². The first kappa shape index (κ1) is 32.8. The number of halogens is 3. The van der Waals surface area contributed by atoms with Gasteiger partial charge in [0.1, 0.15) is 5.69 Å². The summed E-state index contributed by atoms with van der Waals surface area (Å²) in [4.78, 5) is 46.0. The summed E-state index contributed by atoms with van der Waals surface area (Å²) in [6.07, 6.45) is -0.231. The molecule has 2 unspecified atom stereocenters. The second-order valence-electron chi connectivity index (χ2n) is 11.2. The molecule has 3 heterocycles. The Kier molecular flexibility index (Phi) is 10.8. The van der Waals surface area contributed by atoms with Gasteiger partial charge in [0.2, 0.25) is 5.91 Å². The fraction of sp³-hybridized carbons (Fsp3) is 0.548. The van der Waals surface area contributed by atoms with Gasteiger partial charge in [-0.15, -0.1) is 11.8 Å². The monoisotopic (exact) mass is 621 g/mol. The molecular weight excluding hydrogens is 583 g/mol. The number of amides is 2. The minimum absolute atomic E-state index is 0.0745. The van der Waals surface area contributed by atoms with Gasteiger partial charge in [-0.1, -0.05) is 31.5 Å². The van der Waals surface area contributed by atoms with Crippen LogP contribution in [0.2, 0.25) is 0 Å². The van der Waals surface area contributed by atoms with Crippen LogP contribution in [0.1, 0.15) is 79.9 Å². The third-order valence-electron chi connectivity index (χ3n) is 8.34. The molecule has 234 valence electrons. The Morgan fingerprint density at radius 3 is 2.49 bits per heavy atom. The van der Waals surface area contributed by atoms with Gasteiger partial charge in [0.25, 0.3) is 5.91 Å². The molecule has 43 heavy (non-hydrogen) atoms. The predicted octanol–water partition coefficient (Wildman–Crippen LogP) is 5.59. The number of hydrogen-bond acceptors (Lipinski definition) is 6. The molecule has 8 nitrogen and oxygen atoms in total. The topological polar surface area (TPSA) is 111 Å². The van der Waals surface area contributed by atoms with E-state index >= 15 is 0 Å². The molecular formula is C31H38F3N3O5S. The third-order valence-corrected chi connectivity index (χ3v) is 9.50. The molecule has 2 saturated heterocycles. The van der Waals surface area contributed by atoms with Crippen molar-refractivity contribution < 1.29 is 37.8 Å². The van der Waals surface area contributed by atoms with Gasteiger partial charge < -0.3 is 20.0 Å². The summed E-state index contributed by atoms with van der Waals surface area (Å²) in [6.45, 7) is 2.77. The molecule has 0 radical (unpaired) electrons. The van der Waals surface area contributed by atoms with Crippen LogP contribution in [0.25, 0.3) is 0 Å². The Hall–Kier alpha value is -3.12. The van der Waals surface area contributed by atoms with Crippen molar-refractivity contribution in [3.8, 4) is 0 Å². The second-order valence-corrected chi connectivity index (χ2v) is 12.3. The molecule has 2 aliphatic rings. The van der Waals surface area contributed by atoms with Crippen LogP contribution in [-0.2, 0) is 21.4 Å². The van der Waals surface area contributed by atoms with E-state index < -0.39 is 46.9 Å². The molecule has 2 fully saturated rings. The highest BCUT2D eigenvalue weighted by molar-refractivity contribution is 7.99. The van der Waals surface area contributed by atoms with Gasteiger partial charge in [-0.3, -0.25) is 19.4 Å². The summed E-state index contributed by atoms with van der Waals surface area (Å²) in [5.74, 6) is -1.76. The molecule has 0 saturated carbocycles. The maximum absolute atomic E-state index is 13.9. The van der Waals surface area contributed by atoms with Crippen molar-refractivity contribution in [1.29, 1.82) is 0 Å². The Morgan fingerprint density at radius 1 is 1.09 bits per heavy atom. The van der Waals surface area contributed by atoms with Gasteiger partial charge in [0, 0.05) is 43.2 Å². The van der Waals surface area contributed by atoms with Crippen LogP contribution in [0.3, 0.4) is 0 Å². The van der Waals surface area contributed by atoms with Gasteiger partial charge in [-0.2, -0.15) is 13.2 Å². The highest BCUT2D eigenvalue weighted by Gasteiger charge is 2.44. The number of aliphatic hydroxyl groups is 1. The number of aromatic nitrogens is 1. The van der Waals surface area contributed by atoms with Gasteiger partial charge in [-0.05, 0) is 68.0 Å². The lowest BCUT2D eigenvalue weighted by Crippen LogP contribution is -2.55. The summed E-state index contributed by atoms with van der Waals surface area (Å²) in [6, 6.07) is 8.95. The molecule has 0 bridgehead atoms. The van der Waals surface area contributed by atoms with Crippen molar-refractivity contribution >= 4 is 29.5 Å². The Labute approximate surface area is 253 Å². The van der Waals surface area contributed by atoms with E-state index in [1.807, 2.05) is 31.2 Å². The van der Waals surface area contributed by atoms with E-state index in [4.69, 9.17) is 5.11 Å². The SMILES string of the molecule is CCCC1C(C(=O)N2CCC(O)(c3ccccc3SCCCC(=O)O)CC2)CCCN1C(=O)c1ncccc1C(F)(F)F. The maximum Gasteiger partial charge on any atom is 0.418 e. The number of pyridine rings is 1. The summed E-state index contributed by atoms with van der Waals surface area (Å²) in [5, 5.41) is 20.6. The molecule has 2 atom stereocenters. The van der Waals surface area contributed by atoms with Crippen LogP contribution in [0.4, 0.5) is 13.2 Å². The zero-order chi connectivity index (χ0) is 31.2. The summed E-state index contributed by atoms with van der Waals surface area (Å²) >= 11 is 1.50. The number of rotatable bonds is 10. The number of carbonyl (C=O) groups excluding carboxylic acids is 2. The maximum atomic E-state index is 13.9. The lowest BCUT2D eigenvalue weighted by atomic mass is 9.82. The van der Waals surface area contributed by atoms with Crippen molar-refractivity contribution in [2.75, 3.05) is 25.4 Å². The summed E-state index contributed by atoms with van der Waals surface area (Å²) in [5.41, 5.74) is -2.13. The fourth-order valence-corrected chi connectivity index (χ4v) is 7.27. The Morgan fingerprint density at radius 2 is 1.81 bits per heavy atom. The highest BCUT2D eigenvalue weighted by Crippen LogP contribution is 2.40. The number of hydrogen-bond donors (Lipinski definition) is 2. The minimum atomic E-state index is -4.73. The van der Waals surface area contributed by atoms with Crippen LogP contribution in [0, 0.1) is 5.92 Å². The molecule has 2 aromatic rings. The number of carbonyl (C=O) groups is 3. The van der Waals surface area contributed by atoms with E-state index in [1.54, 1.807) is 4.90 Å². The number of piperidine rings is 2. The first-order valence-corrected chi connectivity index (χ1v) is 15.7. The van der Waals surface area contributed by atoms with E-state index in [-0.39, 0.29) is 18.9 Å². The van der Waals surface area contributed by atoms with Crippen molar-refractivity contribution in [2.45, 2.75) is 81.0 Å². The van der Waals surface area contributed by atoms with E-state index in [1.165, 1.54) is 22.9 Å². The number of thioether (sulfide) groups is 1. The van der Waals surface area contributed by atoms with Gasteiger partial charge in [-0.25, -0.2) is 0 Å². The molecule has 2 N–H and O–H groups in total. The highest BCUT2D eigenvalue weighted by atomic mass is 32.2. The number of benzene rings is 1. The number of nitrogens with zero attached hydrogens (tertiary/aromatic N) is 3. The second kappa shape index (κ2) is 14.1. The van der Waals surface area contributed by atoms with Crippen LogP contribution in [0.15, 0.2) is 47.5 Å². The van der Waals surface area contributed by atoms with Gasteiger partial charge in [0.15, 0.2) is 0 Å². The van der Waals surface area contributed by atoms with Gasteiger partial charge >= 0.3 is 12.1 Å². The molecule has 2 aliphatic heterocycles. The molecule has 4 rings (SSSR count). The predicted molar refractivity (Wildman–Crippen MR) is 155 cm³/mol. The molecule has 0 spiro atoms. The quantitative estimate of drug-likeness (QED) is 0.263. The lowest BCUT2D eigenvalue weighted by molar-refractivity contribution is -0.144. The van der Waals surface area contributed by atoms with Crippen LogP contribution >= 0.6 is 11.8 Å². The van der Waals surface area contributed by atoms with Gasteiger partial charge in [0.05, 0.1) is 17.1 Å². The standard InChI is InChI=1S/C31H38F3N3O5S/c1-2-8-24-21(9-6-17-37(24)29(41)27-23(31(32,33)34)11-5-16-35-27)28(40)36-18-14-30(42,15-19-36)22-10-3-4-12-25(22)43-20-7-13-26(38)39/h3-5,10-12,16,21,24,42H,2,6-9,13-15,17-20H2,1H3,(H,38,39). The summed E-state index contributed by atoms with van der Waals surface area (Å²) in [7, 11) is 0. The van der Waals surface area contributed by atoms with Crippen molar-refractivity contribution in [2.24, 2.45) is 5.92 Å². The third kappa shape index (κ3) is 7.70. The largest absolute Gasteiger partial charge is 0.481 e. The van der Waals surface area contributed by atoms with E-state index in [9.17, 15) is 32.7 Å². The zero-order valence-electron chi connectivity index (χ0n) is 24.2. The van der Waals surface area contributed by atoms with Crippen molar-refractivity contribution in [1.82, 2.24) is 14.8 Å². The molecule has 12 heteroatoms. The van der Waals surface area contributed by atoms with Crippen molar-refractivity contribution in [3.63, 3.8) is 0 Å². The van der Waals surface area contributed by atoms with Crippen LogP contribution in [0.5, 0.6) is 0 Å².